The molecule has 0 aromatic rings. The standard InChI is InChI=1S/C8H15NO4S/c1-2-13-8(10)3-4-9(11)5-6-12-7-14-9/h2-7H2,1H3. The number of quaternary nitrogens is 1. The largest absolute Gasteiger partial charge is 0.620 e. The van der Waals surface area contributed by atoms with Gasteiger partial charge in [-0.2, -0.15) is 0 Å². The molecule has 1 aliphatic heterocycles. The Hall–Kier alpha value is -0.300. The van der Waals surface area contributed by atoms with Gasteiger partial charge in [0, 0.05) is 0 Å². The van der Waals surface area contributed by atoms with Crippen molar-refractivity contribution in [3.8, 4) is 0 Å². The van der Waals surface area contributed by atoms with E-state index in [1.54, 1.807) is 6.92 Å². The second-order valence-electron chi connectivity index (χ2n) is 2.97. The van der Waals surface area contributed by atoms with Crippen molar-refractivity contribution in [3.05, 3.63) is 5.21 Å². The van der Waals surface area contributed by atoms with Crippen LogP contribution in [0.25, 0.3) is 0 Å². The van der Waals surface area contributed by atoms with Gasteiger partial charge in [0.25, 0.3) is 0 Å². The third kappa shape index (κ3) is 3.83. The molecule has 14 heavy (non-hydrogen) atoms. The number of nitrogens with zero attached hydrogens (tertiary/aromatic N) is 1. The summed E-state index contributed by atoms with van der Waals surface area (Å²) in [6.45, 7) is 3.27. The first-order valence-electron chi connectivity index (χ1n) is 4.62. The molecule has 0 bridgehead atoms. The van der Waals surface area contributed by atoms with Gasteiger partial charge in [-0.3, -0.25) is 8.85 Å². The van der Waals surface area contributed by atoms with E-state index >= 15 is 0 Å². The van der Waals surface area contributed by atoms with Crippen molar-refractivity contribution >= 4 is 17.9 Å². The Balaban J connectivity index is 2.24. The zero-order chi connectivity index (χ0) is 10.4. The smallest absolute Gasteiger partial charge is 0.311 e. The second kappa shape index (κ2) is 5.55. The summed E-state index contributed by atoms with van der Waals surface area (Å²) in [6, 6.07) is 0. The SMILES string of the molecule is CCOC(=O)CC[N+]1([O-])CCOCS1. The molecule has 0 aromatic heterocycles. The van der Waals surface area contributed by atoms with Crippen LogP contribution in [0.2, 0.25) is 0 Å². The van der Waals surface area contributed by atoms with Gasteiger partial charge >= 0.3 is 5.97 Å². The Morgan fingerprint density at radius 2 is 2.50 bits per heavy atom. The lowest BCUT2D eigenvalue weighted by Gasteiger charge is -2.41. The lowest BCUT2D eigenvalue weighted by molar-refractivity contribution is -0.746. The Labute approximate surface area is 87.7 Å². The number of carbonyl (C=O) groups is 1. The summed E-state index contributed by atoms with van der Waals surface area (Å²) in [6.07, 6.45) is 0.185. The Kier molecular flexibility index (Phi) is 4.67. The van der Waals surface area contributed by atoms with Crippen LogP contribution in [0, 0.1) is 5.21 Å². The fraction of sp³-hybridized carbons (Fsp3) is 0.875. The van der Waals surface area contributed by atoms with Gasteiger partial charge in [-0.1, -0.05) is 0 Å². The lowest BCUT2D eigenvalue weighted by Crippen LogP contribution is -2.43. The summed E-state index contributed by atoms with van der Waals surface area (Å²) in [7, 11) is 0. The fourth-order valence-corrected chi connectivity index (χ4v) is 1.94. The molecule has 1 aliphatic rings. The first-order chi connectivity index (χ1) is 6.66. The summed E-state index contributed by atoms with van der Waals surface area (Å²) in [5.74, 6) is 0.111. The van der Waals surface area contributed by atoms with E-state index in [-0.39, 0.29) is 18.9 Å². The zero-order valence-electron chi connectivity index (χ0n) is 8.23. The molecule has 1 saturated heterocycles. The monoisotopic (exact) mass is 221 g/mol. The molecule has 1 rings (SSSR count). The van der Waals surface area contributed by atoms with E-state index in [0.29, 0.717) is 25.7 Å². The fourth-order valence-electron chi connectivity index (χ4n) is 1.13. The number of ether oxygens (including phenoxy) is 2. The summed E-state index contributed by atoms with van der Waals surface area (Å²) in [5.41, 5.74) is 0. The van der Waals surface area contributed by atoms with Crippen LogP contribution in [-0.4, -0.2) is 42.3 Å². The maximum atomic E-state index is 11.8. The highest BCUT2D eigenvalue weighted by Gasteiger charge is 2.24. The maximum Gasteiger partial charge on any atom is 0.311 e. The molecule has 0 spiro atoms. The van der Waals surface area contributed by atoms with Crippen LogP contribution in [0.15, 0.2) is 0 Å². The second-order valence-corrected chi connectivity index (χ2v) is 4.13. The van der Waals surface area contributed by atoms with Gasteiger partial charge in [0.1, 0.15) is 24.4 Å². The summed E-state index contributed by atoms with van der Waals surface area (Å²) >= 11 is 1.18. The molecule has 0 N–H and O–H groups in total. The number of hydroxylamine groups is 2. The minimum absolute atomic E-state index is 0.185. The average molecular weight is 221 g/mol. The van der Waals surface area contributed by atoms with Crippen LogP contribution in [-0.2, 0) is 14.3 Å². The molecule has 0 radical (unpaired) electrons. The van der Waals surface area contributed by atoms with E-state index in [1.807, 2.05) is 0 Å². The van der Waals surface area contributed by atoms with Gasteiger partial charge in [0.05, 0.1) is 26.2 Å². The first kappa shape index (κ1) is 11.8. The summed E-state index contributed by atoms with van der Waals surface area (Å²) in [5, 5.41) is 11.8. The van der Waals surface area contributed by atoms with Gasteiger partial charge < -0.3 is 14.7 Å². The van der Waals surface area contributed by atoms with Crippen LogP contribution >= 0.6 is 11.9 Å². The Morgan fingerprint density at radius 1 is 1.71 bits per heavy atom. The highest BCUT2D eigenvalue weighted by molar-refractivity contribution is 7.93. The van der Waals surface area contributed by atoms with Crippen LogP contribution in [0.1, 0.15) is 13.3 Å². The third-order valence-electron chi connectivity index (χ3n) is 1.91. The van der Waals surface area contributed by atoms with Gasteiger partial charge in [0.2, 0.25) is 0 Å². The van der Waals surface area contributed by atoms with Crippen molar-refractivity contribution in [2.75, 3.05) is 32.2 Å². The van der Waals surface area contributed by atoms with Crippen LogP contribution in [0.3, 0.4) is 0 Å². The van der Waals surface area contributed by atoms with Crippen LogP contribution in [0.4, 0.5) is 0 Å². The molecule has 0 aromatic carbocycles. The van der Waals surface area contributed by atoms with Crippen LogP contribution in [0.5, 0.6) is 0 Å². The van der Waals surface area contributed by atoms with Crippen molar-refractivity contribution in [2.45, 2.75) is 13.3 Å². The molecule has 5 nitrogen and oxygen atoms in total. The van der Waals surface area contributed by atoms with E-state index in [1.165, 1.54) is 11.9 Å². The predicted octanol–water partition coefficient (Wildman–Crippen LogP) is 0.890. The van der Waals surface area contributed by atoms with E-state index in [2.05, 4.69) is 0 Å². The normalized spacial score (nSPS) is 27.3. The molecule has 0 aliphatic carbocycles. The molecular weight excluding hydrogens is 206 g/mol. The topological polar surface area (TPSA) is 58.6 Å². The molecule has 6 heteroatoms. The van der Waals surface area contributed by atoms with E-state index < -0.39 is 4.05 Å². The molecule has 1 fully saturated rings. The molecular formula is C8H15NO4S. The average Bonchev–Trinajstić information content (AvgIpc) is 2.17. The molecule has 1 heterocycles. The maximum absolute atomic E-state index is 11.8. The minimum Gasteiger partial charge on any atom is -0.620 e. The van der Waals surface area contributed by atoms with Gasteiger partial charge in [-0.05, 0) is 6.92 Å². The minimum atomic E-state index is -0.404. The van der Waals surface area contributed by atoms with E-state index in [9.17, 15) is 10.0 Å². The van der Waals surface area contributed by atoms with E-state index in [4.69, 9.17) is 9.47 Å². The lowest BCUT2D eigenvalue weighted by atomic mass is 10.4. The molecule has 1 atom stereocenters. The van der Waals surface area contributed by atoms with Crippen molar-refractivity contribution < 1.29 is 18.3 Å². The quantitative estimate of drug-likeness (QED) is 0.305. The molecule has 82 valence electrons. The van der Waals surface area contributed by atoms with Crippen molar-refractivity contribution in [1.29, 1.82) is 0 Å². The number of rotatable bonds is 4. The van der Waals surface area contributed by atoms with Crippen LogP contribution < -0.4 is 0 Å². The predicted molar refractivity (Wildman–Crippen MR) is 53.0 cm³/mol. The van der Waals surface area contributed by atoms with Crippen molar-refractivity contribution in [2.24, 2.45) is 0 Å². The van der Waals surface area contributed by atoms with Gasteiger partial charge in [-0.15, -0.1) is 0 Å². The van der Waals surface area contributed by atoms with Crippen molar-refractivity contribution in [3.63, 3.8) is 0 Å². The highest BCUT2D eigenvalue weighted by Crippen LogP contribution is 2.25. The van der Waals surface area contributed by atoms with Gasteiger partial charge in [0.15, 0.2) is 0 Å². The zero-order valence-corrected chi connectivity index (χ0v) is 9.05. The first-order valence-corrected chi connectivity index (χ1v) is 5.56. The molecule has 0 saturated carbocycles. The highest BCUT2D eigenvalue weighted by atomic mass is 32.2. The number of hydrogen-bond acceptors (Lipinski definition) is 5. The third-order valence-corrected chi connectivity index (χ3v) is 3.02. The number of hydrogen-bond donors (Lipinski definition) is 0. The number of esters is 1. The van der Waals surface area contributed by atoms with E-state index in [0.717, 1.165) is 0 Å². The Bertz CT molecular complexity index is 194. The number of carbonyl (C=O) groups excluding carboxylic acids is 1. The Morgan fingerprint density at radius 3 is 3.07 bits per heavy atom. The summed E-state index contributed by atoms with van der Waals surface area (Å²) < 4.78 is 9.40. The molecule has 1 unspecified atom stereocenters. The van der Waals surface area contributed by atoms with Gasteiger partial charge in [-0.25, -0.2) is 0 Å². The van der Waals surface area contributed by atoms with Crippen molar-refractivity contribution in [1.82, 2.24) is 0 Å². The summed E-state index contributed by atoms with van der Waals surface area (Å²) in [4.78, 5) is 11.0. The molecule has 0 amide bonds.